The van der Waals surface area contributed by atoms with E-state index in [0.717, 1.165) is 5.75 Å². The Hall–Kier alpha value is -1.70. The molecule has 1 heterocycles. The fourth-order valence-electron chi connectivity index (χ4n) is 2.37. The molecule has 2 nitrogen and oxygen atoms in total. The fraction of sp³-hybridized carbons (Fsp3) is 0.286. The molecule has 1 aliphatic carbocycles. The van der Waals surface area contributed by atoms with Gasteiger partial charge in [-0.15, -0.1) is 0 Å². The van der Waals surface area contributed by atoms with Crippen LogP contribution in [0.3, 0.4) is 0 Å². The van der Waals surface area contributed by atoms with Crippen LogP contribution in [0.5, 0.6) is 5.75 Å². The van der Waals surface area contributed by atoms with Crippen molar-refractivity contribution in [2.75, 3.05) is 7.11 Å². The molecule has 1 aromatic carbocycles. The van der Waals surface area contributed by atoms with E-state index < -0.39 is 0 Å². The molecular weight excluding hydrogens is 198 g/mol. The molecule has 0 unspecified atom stereocenters. The second-order valence-electron chi connectivity index (χ2n) is 4.27. The molecule has 1 N–H and O–H groups in total. The fourth-order valence-corrected chi connectivity index (χ4v) is 2.37. The molecule has 0 bridgehead atoms. The smallest absolute Gasteiger partial charge is 0.118 e. The number of methoxy groups -OCH3 is 1. The number of fused-ring (bicyclic) bond motifs is 1. The molecule has 0 radical (unpaired) electrons. The molecule has 1 aliphatic rings. The molecule has 82 valence electrons. The molecular formula is C14H15NO. The third-order valence-electron chi connectivity index (χ3n) is 3.27. The van der Waals surface area contributed by atoms with Crippen LogP contribution in [0.15, 0.2) is 30.3 Å². The van der Waals surface area contributed by atoms with Crippen LogP contribution in [-0.2, 0) is 12.8 Å². The molecule has 0 aliphatic heterocycles. The van der Waals surface area contributed by atoms with Crippen molar-refractivity contribution in [1.82, 2.24) is 4.98 Å². The van der Waals surface area contributed by atoms with Gasteiger partial charge < -0.3 is 9.72 Å². The summed E-state index contributed by atoms with van der Waals surface area (Å²) in [5.41, 5.74) is 5.37. The van der Waals surface area contributed by atoms with E-state index in [1.165, 1.54) is 41.8 Å². The van der Waals surface area contributed by atoms with Crippen molar-refractivity contribution in [3.05, 3.63) is 41.6 Å². The molecule has 0 spiro atoms. The SMILES string of the molecule is COc1ccc(-c2cc3c([nH]2)CCC3)cc1. The van der Waals surface area contributed by atoms with Gasteiger partial charge >= 0.3 is 0 Å². The Kier molecular flexibility index (Phi) is 2.21. The van der Waals surface area contributed by atoms with Crippen LogP contribution in [0.1, 0.15) is 17.7 Å². The number of aryl methyl sites for hydroxylation is 2. The lowest BCUT2D eigenvalue weighted by Gasteiger charge is -2.01. The Labute approximate surface area is 95.3 Å². The first-order chi connectivity index (χ1) is 7.86. The molecule has 0 amide bonds. The summed E-state index contributed by atoms with van der Waals surface area (Å²) < 4.78 is 5.16. The summed E-state index contributed by atoms with van der Waals surface area (Å²) in [6.45, 7) is 0. The summed E-state index contributed by atoms with van der Waals surface area (Å²) in [6, 6.07) is 10.5. The number of nitrogens with one attached hydrogen (secondary N) is 1. The van der Waals surface area contributed by atoms with Crippen LogP contribution < -0.4 is 4.74 Å². The Morgan fingerprint density at radius 1 is 1.12 bits per heavy atom. The Balaban J connectivity index is 1.95. The summed E-state index contributed by atoms with van der Waals surface area (Å²) in [6.07, 6.45) is 3.72. The molecule has 0 saturated carbocycles. The molecule has 2 aromatic rings. The monoisotopic (exact) mass is 213 g/mol. The van der Waals surface area contributed by atoms with E-state index >= 15 is 0 Å². The van der Waals surface area contributed by atoms with Gasteiger partial charge in [0.15, 0.2) is 0 Å². The minimum Gasteiger partial charge on any atom is -0.497 e. The lowest BCUT2D eigenvalue weighted by molar-refractivity contribution is 0.415. The van der Waals surface area contributed by atoms with Gasteiger partial charge in [-0.05, 0) is 60.7 Å². The normalized spacial score (nSPS) is 13.8. The molecule has 2 heteroatoms. The molecule has 1 aromatic heterocycles. The quantitative estimate of drug-likeness (QED) is 0.814. The maximum absolute atomic E-state index is 5.16. The lowest BCUT2D eigenvalue weighted by Crippen LogP contribution is -1.84. The molecule has 3 rings (SSSR count). The van der Waals surface area contributed by atoms with Crippen molar-refractivity contribution in [3.8, 4) is 17.0 Å². The number of H-pyrrole nitrogens is 1. The van der Waals surface area contributed by atoms with Crippen molar-refractivity contribution in [2.45, 2.75) is 19.3 Å². The largest absolute Gasteiger partial charge is 0.497 e. The highest BCUT2D eigenvalue weighted by molar-refractivity contribution is 5.62. The average Bonchev–Trinajstić information content (AvgIpc) is 2.89. The first kappa shape index (κ1) is 9.52. The predicted molar refractivity (Wildman–Crippen MR) is 64.8 cm³/mol. The first-order valence-electron chi connectivity index (χ1n) is 5.72. The minimum atomic E-state index is 0.905. The van der Waals surface area contributed by atoms with Gasteiger partial charge in [-0.3, -0.25) is 0 Å². The second kappa shape index (κ2) is 3.71. The van der Waals surface area contributed by atoms with Crippen LogP contribution in [-0.4, -0.2) is 12.1 Å². The van der Waals surface area contributed by atoms with Crippen molar-refractivity contribution in [2.24, 2.45) is 0 Å². The number of rotatable bonds is 2. The predicted octanol–water partition coefficient (Wildman–Crippen LogP) is 3.18. The summed E-state index contributed by atoms with van der Waals surface area (Å²) in [5, 5.41) is 0. The van der Waals surface area contributed by atoms with Gasteiger partial charge in [0.1, 0.15) is 5.75 Å². The summed E-state index contributed by atoms with van der Waals surface area (Å²) in [4.78, 5) is 3.51. The van der Waals surface area contributed by atoms with Gasteiger partial charge in [0.2, 0.25) is 0 Å². The van der Waals surface area contributed by atoms with E-state index in [4.69, 9.17) is 4.74 Å². The Morgan fingerprint density at radius 3 is 2.62 bits per heavy atom. The van der Waals surface area contributed by atoms with Gasteiger partial charge in [0, 0.05) is 11.4 Å². The Bertz CT molecular complexity index is 474. The number of benzene rings is 1. The first-order valence-corrected chi connectivity index (χ1v) is 5.72. The highest BCUT2D eigenvalue weighted by Crippen LogP contribution is 2.28. The third-order valence-corrected chi connectivity index (χ3v) is 3.27. The van der Waals surface area contributed by atoms with Crippen molar-refractivity contribution >= 4 is 0 Å². The van der Waals surface area contributed by atoms with E-state index in [1.54, 1.807) is 7.11 Å². The van der Waals surface area contributed by atoms with Gasteiger partial charge in [0.25, 0.3) is 0 Å². The van der Waals surface area contributed by atoms with Crippen LogP contribution in [0.25, 0.3) is 11.3 Å². The van der Waals surface area contributed by atoms with Gasteiger partial charge in [-0.25, -0.2) is 0 Å². The highest BCUT2D eigenvalue weighted by Gasteiger charge is 2.14. The molecule has 0 fully saturated rings. The minimum absolute atomic E-state index is 0.905. The van der Waals surface area contributed by atoms with E-state index in [-0.39, 0.29) is 0 Å². The van der Waals surface area contributed by atoms with Crippen LogP contribution >= 0.6 is 0 Å². The van der Waals surface area contributed by atoms with Gasteiger partial charge in [0.05, 0.1) is 7.11 Å². The van der Waals surface area contributed by atoms with E-state index in [1.807, 2.05) is 12.1 Å². The van der Waals surface area contributed by atoms with Gasteiger partial charge in [-0.1, -0.05) is 0 Å². The molecule has 16 heavy (non-hydrogen) atoms. The zero-order valence-electron chi connectivity index (χ0n) is 9.42. The summed E-state index contributed by atoms with van der Waals surface area (Å²) in [5.74, 6) is 0.905. The number of aromatic amines is 1. The summed E-state index contributed by atoms with van der Waals surface area (Å²) >= 11 is 0. The van der Waals surface area contributed by atoms with E-state index in [2.05, 4.69) is 23.2 Å². The molecule has 0 saturated heterocycles. The van der Waals surface area contributed by atoms with Crippen LogP contribution in [0, 0.1) is 0 Å². The average molecular weight is 213 g/mol. The van der Waals surface area contributed by atoms with Crippen LogP contribution in [0.2, 0.25) is 0 Å². The maximum atomic E-state index is 5.16. The van der Waals surface area contributed by atoms with E-state index in [9.17, 15) is 0 Å². The number of hydrogen-bond acceptors (Lipinski definition) is 1. The second-order valence-corrected chi connectivity index (χ2v) is 4.27. The lowest BCUT2D eigenvalue weighted by atomic mass is 10.1. The van der Waals surface area contributed by atoms with Crippen molar-refractivity contribution < 1.29 is 4.74 Å². The van der Waals surface area contributed by atoms with Crippen molar-refractivity contribution in [3.63, 3.8) is 0 Å². The van der Waals surface area contributed by atoms with Crippen molar-refractivity contribution in [1.29, 1.82) is 0 Å². The zero-order chi connectivity index (χ0) is 11.0. The number of hydrogen-bond donors (Lipinski definition) is 1. The standard InChI is InChI=1S/C14H15NO/c1-16-12-7-5-10(6-8-12)14-9-11-3-2-4-13(11)15-14/h5-9,15H,2-4H2,1H3. The highest BCUT2D eigenvalue weighted by atomic mass is 16.5. The van der Waals surface area contributed by atoms with Crippen LogP contribution in [0.4, 0.5) is 0 Å². The summed E-state index contributed by atoms with van der Waals surface area (Å²) in [7, 11) is 1.69. The number of aromatic nitrogens is 1. The molecule has 0 atom stereocenters. The Morgan fingerprint density at radius 2 is 1.94 bits per heavy atom. The van der Waals surface area contributed by atoms with E-state index in [0.29, 0.717) is 0 Å². The zero-order valence-corrected chi connectivity index (χ0v) is 9.42. The third kappa shape index (κ3) is 1.51. The maximum Gasteiger partial charge on any atom is 0.118 e. The number of ether oxygens (including phenoxy) is 1. The topological polar surface area (TPSA) is 25.0 Å². The van der Waals surface area contributed by atoms with Gasteiger partial charge in [-0.2, -0.15) is 0 Å².